The van der Waals surface area contributed by atoms with E-state index in [-0.39, 0.29) is 5.95 Å². The van der Waals surface area contributed by atoms with Gasteiger partial charge in [-0.15, -0.1) is 0 Å². The van der Waals surface area contributed by atoms with Gasteiger partial charge in [0.05, 0.1) is 21.4 Å². The monoisotopic (exact) mass is 349 g/mol. The number of rotatable bonds is 2. The maximum atomic E-state index is 6.22. The highest BCUT2D eigenvalue weighted by Gasteiger charge is 2.10. The van der Waals surface area contributed by atoms with Gasteiger partial charge in [0.2, 0.25) is 5.95 Å². The number of nitrogens with zero attached hydrogens (tertiary/aromatic N) is 2. The van der Waals surface area contributed by atoms with E-state index in [4.69, 9.17) is 40.5 Å². The molecule has 6 heteroatoms. The zero-order valence-electron chi connectivity index (χ0n) is 11.2. The molecule has 0 spiro atoms. The zero-order valence-corrected chi connectivity index (χ0v) is 13.5. The fraction of sp³-hybridized carbons (Fsp3) is 0. The van der Waals surface area contributed by atoms with E-state index >= 15 is 0 Å². The SMILES string of the molecule is Nc1nc(-c2ccc(Cl)c(Cl)c2)cc(-c2ccccc2Cl)n1. The summed E-state index contributed by atoms with van der Waals surface area (Å²) in [7, 11) is 0. The Morgan fingerprint density at radius 2 is 1.45 bits per heavy atom. The van der Waals surface area contributed by atoms with Gasteiger partial charge in [-0.3, -0.25) is 0 Å². The van der Waals surface area contributed by atoms with Gasteiger partial charge in [-0.05, 0) is 24.3 Å². The van der Waals surface area contributed by atoms with Gasteiger partial charge < -0.3 is 5.73 Å². The topological polar surface area (TPSA) is 51.8 Å². The molecule has 0 atom stereocenters. The maximum absolute atomic E-state index is 6.22. The highest BCUT2D eigenvalue weighted by atomic mass is 35.5. The molecule has 0 saturated carbocycles. The first kappa shape index (κ1) is 15.1. The first-order valence-electron chi connectivity index (χ1n) is 6.39. The molecule has 0 amide bonds. The highest BCUT2D eigenvalue weighted by Crippen LogP contribution is 2.31. The molecule has 0 aliphatic carbocycles. The lowest BCUT2D eigenvalue weighted by atomic mass is 10.1. The number of aromatic nitrogens is 2. The standard InChI is InChI=1S/C16H10Cl3N3/c17-11-4-2-1-3-10(11)15-8-14(21-16(20)22-15)9-5-6-12(18)13(19)7-9/h1-8H,(H2,20,21,22). The second kappa shape index (κ2) is 6.13. The summed E-state index contributed by atoms with van der Waals surface area (Å²) in [6.07, 6.45) is 0. The summed E-state index contributed by atoms with van der Waals surface area (Å²) in [5.74, 6) is 0.165. The van der Waals surface area contributed by atoms with Crippen molar-refractivity contribution in [2.24, 2.45) is 0 Å². The summed E-state index contributed by atoms with van der Waals surface area (Å²) < 4.78 is 0. The third kappa shape index (κ3) is 3.02. The van der Waals surface area contributed by atoms with Crippen molar-refractivity contribution in [1.29, 1.82) is 0 Å². The molecule has 110 valence electrons. The Hall–Kier alpha value is -1.81. The van der Waals surface area contributed by atoms with E-state index in [0.29, 0.717) is 26.5 Å². The van der Waals surface area contributed by atoms with Crippen molar-refractivity contribution in [2.75, 3.05) is 5.73 Å². The second-order valence-corrected chi connectivity index (χ2v) is 5.83. The number of nitrogens with two attached hydrogens (primary N) is 1. The summed E-state index contributed by atoms with van der Waals surface area (Å²) in [6, 6.07) is 14.5. The Bertz CT molecular complexity index is 850. The minimum Gasteiger partial charge on any atom is -0.368 e. The van der Waals surface area contributed by atoms with Crippen molar-refractivity contribution < 1.29 is 0 Å². The molecule has 1 aromatic heterocycles. The molecule has 3 aromatic rings. The summed E-state index contributed by atoms with van der Waals surface area (Å²) >= 11 is 18.2. The number of hydrogen-bond acceptors (Lipinski definition) is 3. The number of benzene rings is 2. The molecule has 2 aromatic carbocycles. The molecule has 0 saturated heterocycles. The Kier molecular flexibility index (Phi) is 4.21. The van der Waals surface area contributed by atoms with Crippen LogP contribution in [0.4, 0.5) is 5.95 Å². The van der Waals surface area contributed by atoms with Crippen molar-refractivity contribution in [3.63, 3.8) is 0 Å². The van der Waals surface area contributed by atoms with E-state index in [0.717, 1.165) is 11.1 Å². The van der Waals surface area contributed by atoms with Crippen LogP contribution in [0.1, 0.15) is 0 Å². The van der Waals surface area contributed by atoms with Crippen LogP contribution in [-0.4, -0.2) is 9.97 Å². The maximum Gasteiger partial charge on any atom is 0.221 e. The Morgan fingerprint density at radius 1 is 0.727 bits per heavy atom. The van der Waals surface area contributed by atoms with Gasteiger partial charge in [0.15, 0.2) is 0 Å². The quantitative estimate of drug-likeness (QED) is 0.677. The second-order valence-electron chi connectivity index (χ2n) is 4.61. The van der Waals surface area contributed by atoms with E-state index in [9.17, 15) is 0 Å². The molecule has 2 N–H and O–H groups in total. The van der Waals surface area contributed by atoms with Crippen molar-refractivity contribution in [2.45, 2.75) is 0 Å². The molecule has 0 unspecified atom stereocenters. The van der Waals surface area contributed by atoms with Crippen molar-refractivity contribution in [3.05, 3.63) is 63.6 Å². The molecular weight excluding hydrogens is 341 g/mol. The van der Waals surface area contributed by atoms with Gasteiger partial charge in [0, 0.05) is 16.1 Å². The normalized spacial score (nSPS) is 10.7. The fourth-order valence-corrected chi connectivity index (χ4v) is 2.61. The lowest BCUT2D eigenvalue weighted by Gasteiger charge is -2.08. The lowest BCUT2D eigenvalue weighted by molar-refractivity contribution is 1.19. The van der Waals surface area contributed by atoms with Crippen LogP contribution < -0.4 is 5.73 Å². The van der Waals surface area contributed by atoms with E-state index in [1.807, 2.05) is 30.3 Å². The smallest absolute Gasteiger partial charge is 0.221 e. The lowest BCUT2D eigenvalue weighted by Crippen LogP contribution is -1.99. The average molecular weight is 351 g/mol. The van der Waals surface area contributed by atoms with Crippen LogP contribution >= 0.6 is 34.8 Å². The third-order valence-corrected chi connectivity index (χ3v) is 4.18. The first-order chi connectivity index (χ1) is 10.5. The summed E-state index contributed by atoms with van der Waals surface area (Å²) in [6.45, 7) is 0. The van der Waals surface area contributed by atoms with Crippen LogP contribution in [-0.2, 0) is 0 Å². The molecule has 3 rings (SSSR count). The summed E-state index contributed by atoms with van der Waals surface area (Å²) in [4.78, 5) is 8.51. The molecule has 0 aliphatic rings. The number of nitrogen functional groups attached to an aromatic ring is 1. The van der Waals surface area contributed by atoms with Crippen LogP contribution in [0.5, 0.6) is 0 Å². The summed E-state index contributed by atoms with van der Waals surface area (Å²) in [5.41, 5.74) is 8.73. The van der Waals surface area contributed by atoms with Gasteiger partial charge in [-0.2, -0.15) is 0 Å². The molecule has 22 heavy (non-hydrogen) atoms. The zero-order chi connectivity index (χ0) is 15.7. The predicted octanol–water partition coefficient (Wildman–Crippen LogP) is 5.35. The van der Waals surface area contributed by atoms with Crippen LogP contribution in [0.25, 0.3) is 22.5 Å². The predicted molar refractivity (Wildman–Crippen MR) is 92.3 cm³/mol. The van der Waals surface area contributed by atoms with Gasteiger partial charge in [-0.1, -0.05) is 59.1 Å². The minimum atomic E-state index is 0.165. The Morgan fingerprint density at radius 3 is 2.18 bits per heavy atom. The Labute approximate surface area is 142 Å². The van der Waals surface area contributed by atoms with Crippen LogP contribution in [0.3, 0.4) is 0 Å². The fourth-order valence-electron chi connectivity index (χ4n) is 2.08. The van der Waals surface area contributed by atoms with Crippen molar-refractivity contribution in [1.82, 2.24) is 9.97 Å². The summed E-state index contributed by atoms with van der Waals surface area (Å²) in [5, 5.41) is 1.54. The molecule has 3 nitrogen and oxygen atoms in total. The molecule has 0 bridgehead atoms. The molecule has 0 radical (unpaired) electrons. The molecule has 0 aliphatic heterocycles. The van der Waals surface area contributed by atoms with Crippen LogP contribution in [0.15, 0.2) is 48.5 Å². The van der Waals surface area contributed by atoms with Crippen molar-refractivity contribution >= 4 is 40.8 Å². The van der Waals surface area contributed by atoms with E-state index in [2.05, 4.69) is 9.97 Å². The van der Waals surface area contributed by atoms with Gasteiger partial charge in [0.1, 0.15) is 0 Å². The van der Waals surface area contributed by atoms with E-state index in [1.165, 1.54) is 0 Å². The largest absolute Gasteiger partial charge is 0.368 e. The number of anilines is 1. The molecule has 1 heterocycles. The highest BCUT2D eigenvalue weighted by molar-refractivity contribution is 6.42. The Balaban J connectivity index is 2.14. The van der Waals surface area contributed by atoms with Gasteiger partial charge >= 0.3 is 0 Å². The van der Waals surface area contributed by atoms with Crippen LogP contribution in [0, 0.1) is 0 Å². The molecular formula is C16H10Cl3N3. The van der Waals surface area contributed by atoms with Gasteiger partial charge in [0.25, 0.3) is 0 Å². The van der Waals surface area contributed by atoms with Crippen LogP contribution in [0.2, 0.25) is 15.1 Å². The first-order valence-corrected chi connectivity index (χ1v) is 7.53. The average Bonchev–Trinajstić information content (AvgIpc) is 2.50. The number of halogens is 3. The van der Waals surface area contributed by atoms with E-state index in [1.54, 1.807) is 18.2 Å². The number of hydrogen-bond donors (Lipinski definition) is 1. The third-order valence-electron chi connectivity index (χ3n) is 3.11. The van der Waals surface area contributed by atoms with E-state index < -0.39 is 0 Å². The molecule has 0 fully saturated rings. The minimum absolute atomic E-state index is 0.165. The van der Waals surface area contributed by atoms with Crippen molar-refractivity contribution in [3.8, 4) is 22.5 Å². The van der Waals surface area contributed by atoms with Gasteiger partial charge in [-0.25, -0.2) is 9.97 Å².